The number of hydrogen-bond acceptors (Lipinski definition) is 5. The lowest BCUT2D eigenvalue weighted by molar-refractivity contribution is 0.398. The first-order valence-electron chi connectivity index (χ1n) is 7.20. The van der Waals surface area contributed by atoms with E-state index in [0.717, 1.165) is 36.7 Å². The van der Waals surface area contributed by atoms with Gasteiger partial charge in [0.05, 0.1) is 7.11 Å². The molecule has 0 unspecified atom stereocenters. The van der Waals surface area contributed by atoms with Crippen molar-refractivity contribution in [2.24, 2.45) is 0 Å². The van der Waals surface area contributed by atoms with Crippen LogP contribution < -0.4 is 4.74 Å². The molecule has 0 N–H and O–H groups in total. The first kappa shape index (κ1) is 14.2. The highest BCUT2D eigenvalue weighted by Crippen LogP contribution is 2.20. The third-order valence-electron chi connectivity index (χ3n) is 3.53. The Kier molecular flexibility index (Phi) is 4.13. The molecule has 0 fully saturated rings. The molecular formula is C15H18N6O. The number of aryl methyl sites for hydroxylation is 3. The third kappa shape index (κ3) is 2.83. The van der Waals surface area contributed by atoms with Gasteiger partial charge in [0.1, 0.15) is 18.0 Å². The molecule has 0 bridgehead atoms. The monoisotopic (exact) mass is 298 g/mol. The molecule has 3 aromatic rings. The average molecular weight is 298 g/mol. The van der Waals surface area contributed by atoms with E-state index in [2.05, 4.69) is 31.7 Å². The fraction of sp³-hybridized carbons (Fsp3) is 0.333. The molecule has 7 nitrogen and oxygen atoms in total. The molecule has 0 radical (unpaired) electrons. The van der Waals surface area contributed by atoms with E-state index in [4.69, 9.17) is 4.74 Å². The molecule has 0 aromatic carbocycles. The van der Waals surface area contributed by atoms with Gasteiger partial charge in [0, 0.05) is 49.7 Å². The number of pyridine rings is 1. The SMILES string of the molecule is CCn1cnnc1CCn1ccnc1-c1ccnc(OC)c1. The lowest BCUT2D eigenvalue weighted by Gasteiger charge is -2.09. The van der Waals surface area contributed by atoms with Crippen LogP contribution in [0.3, 0.4) is 0 Å². The number of aromatic nitrogens is 6. The summed E-state index contributed by atoms with van der Waals surface area (Å²) in [6, 6.07) is 3.81. The summed E-state index contributed by atoms with van der Waals surface area (Å²) < 4.78 is 9.32. The Hall–Kier alpha value is -2.70. The summed E-state index contributed by atoms with van der Waals surface area (Å²) in [5.41, 5.74) is 0.980. The van der Waals surface area contributed by atoms with Crippen LogP contribution in [0.4, 0.5) is 0 Å². The Balaban J connectivity index is 1.80. The summed E-state index contributed by atoms with van der Waals surface area (Å²) in [6.07, 6.45) is 8.06. The molecule has 0 saturated heterocycles. The summed E-state index contributed by atoms with van der Waals surface area (Å²) in [4.78, 5) is 8.57. The van der Waals surface area contributed by atoms with Crippen LogP contribution in [0.15, 0.2) is 37.1 Å². The van der Waals surface area contributed by atoms with Gasteiger partial charge in [-0.1, -0.05) is 0 Å². The second kappa shape index (κ2) is 6.38. The molecule has 0 aliphatic carbocycles. The third-order valence-corrected chi connectivity index (χ3v) is 3.53. The summed E-state index contributed by atoms with van der Waals surface area (Å²) in [5.74, 6) is 2.45. The normalized spacial score (nSPS) is 10.8. The number of methoxy groups -OCH3 is 1. The van der Waals surface area contributed by atoms with Crippen molar-refractivity contribution in [1.29, 1.82) is 0 Å². The first-order valence-corrected chi connectivity index (χ1v) is 7.20. The molecule has 0 aliphatic rings. The van der Waals surface area contributed by atoms with Crippen molar-refractivity contribution in [2.45, 2.75) is 26.4 Å². The van der Waals surface area contributed by atoms with E-state index < -0.39 is 0 Å². The van der Waals surface area contributed by atoms with Crippen LogP contribution in [0.1, 0.15) is 12.7 Å². The smallest absolute Gasteiger partial charge is 0.213 e. The quantitative estimate of drug-likeness (QED) is 0.694. The summed E-state index contributed by atoms with van der Waals surface area (Å²) in [6.45, 7) is 3.75. The molecule has 0 spiro atoms. The van der Waals surface area contributed by atoms with E-state index in [9.17, 15) is 0 Å². The van der Waals surface area contributed by atoms with Gasteiger partial charge >= 0.3 is 0 Å². The predicted octanol–water partition coefficient (Wildman–Crippen LogP) is 1.81. The highest BCUT2D eigenvalue weighted by molar-refractivity contribution is 5.56. The van der Waals surface area contributed by atoms with Gasteiger partial charge in [0.2, 0.25) is 5.88 Å². The largest absolute Gasteiger partial charge is 0.481 e. The molecule has 0 amide bonds. The topological polar surface area (TPSA) is 70.7 Å². The number of nitrogens with zero attached hydrogens (tertiary/aromatic N) is 6. The number of ether oxygens (including phenoxy) is 1. The zero-order valence-corrected chi connectivity index (χ0v) is 12.7. The Bertz CT molecular complexity index is 748. The second-order valence-electron chi connectivity index (χ2n) is 4.81. The van der Waals surface area contributed by atoms with Crippen molar-refractivity contribution < 1.29 is 4.74 Å². The number of hydrogen-bond donors (Lipinski definition) is 0. The maximum absolute atomic E-state index is 5.17. The molecule has 3 aromatic heterocycles. The van der Waals surface area contributed by atoms with E-state index in [1.807, 2.05) is 22.9 Å². The zero-order valence-electron chi connectivity index (χ0n) is 12.7. The van der Waals surface area contributed by atoms with Crippen molar-refractivity contribution in [1.82, 2.24) is 29.3 Å². The predicted molar refractivity (Wildman–Crippen MR) is 81.4 cm³/mol. The Morgan fingerprint density at radius 2 is 2.09 bits per heavy atom. The Morgan fingerprint density at radius 1 is 1.18 bits per heavy atom. The van der Waals surface area contributed by atoms with Gasteiger partial charge in [0.25, 0.3) is 0 Å². The number of rotatable bonds is 6. The van der Waals surface area contributed by atoms with E-state index in [-0.39, 0.29) is 0 Å². The molecule has 3 rings (SSSR count). The van der Waals surface area contributed by atoms with Crippen molar-refractivity contribution in [2.75, 3.05) is 7.11 Å². The lowest BCUT2D eigenvalue weighted by Crippen LogP contribution is -2.07. The van der Waals surface area contributed by atoms with Crippen LogP contribution in [-0.4, -0.2) is 36.4 Å². The molecule has 0 aliphatic heterocycles. The molecular weight excluding hydrogens is 280 g/mol. The first-order chi connectivity index (χ1) is 10.8. The van der Waals surface area contributed by atoms with Gasteiger partial charge in [-0.15, -0.1) is 10.2 Å². The van der Waals surface area contributed by atoms with Crippen LogP contribution in [0.25, 0.3) is 11.4 Å². The standard InChI is InChI=1S/C15H18N6O/c1-3-20-11-18-19-13(20)5-8-21-9-7-17-15(21)12-4-6-16-14(10-12)22-2/h4,6-7,9-11H,3,5,8H2,1-2H3. The van der Waals surface area contributed by atoms with Gasteiger partial charge in [-0.3, -0.25) is 0 Å². The van der Waals surface area contributed by atoms with E-state index in [1.165, 1.54) is 0 Å². The van der Waals surface area contributed by atoms with Crippen LogP contribution in [0.5, 0.6) is 5.88 Å². The Morgan fingerprint density at radius 3 is 2.91 bits per heavy atom. The molecule has 3 heterocycles. The highest BCUT2D eigenvalue weighted by atomic mass is 16.5. The maximum atomic E-state index is 5.17. The molecule has 7 heteroatoms. The van der Waals surface area contributed by atoms with Gasteiger partial charge in [-0.2, -0.15) is 0 Å². The van der Waals surface area contributed by atoms with Crippen molar-refractivity contribution >= 4 is 0 Å². The van der Waals surface area contributed by atoms with E-state index in [1.54, 1.807) is 25.8 Å². The summed E-state index contributed by atoms with van der Waals surface area (Å²) >= 11 is 0. The Labute approximate surface area is 128 Å². The van der Waals surface area contributed by atoms with Gasteiger partial charge < -0.3 is 13.9 Å². The summed E-state index contributed by atoms with van der Waals surface area (Å²) in [5, 5.41) is 8.12. The zero-order chi connectivity index (χ0) is 15.4. The van der Waals surface area contributed by atoms with Crippen LogP contribution in [0.2, 0.25) is 0 Å². The van der Waals surface area contributed by atoms with E-state index >= 15 is 0 Å². The van der Waals surface area contributed by atoms with Crippen LogP contribution in [-0.2, 0) is 19.5 Å². The fourth-order valence-corrected chi connectivity index (χ4v) is 2.37. The fourth-order valence-electron chi connectivity index (χ4n) is 2.37. The average Bonchev–Trinajstić information content (AvgIpc) is 3.21. The van der Waals surface area contributed by atoms with Gasteiger partial charge in [-0.25, -0.2) is 9.97 Å². The van der Waals surface area contributed by atoms with Gasteiger partial charge in [0.15, 0.2) is 0 Å². The van der Waals surface area contributed by atoms with E-state index in [0.29, 0.717) is 5.88 Å². The molecule has 22 heavy (non-hydrogen) atoms. The minimum absolute atomic E-state index is 0.581. The van der Waals surface area contributed by atoms with Crippen molar-refractivity contribution in [3.05, 3.63) is 42.9 Å². The minimum Gasteiger partial charge on any atom is -0.481 e. The lowest BCUT2D eigenvalue weighted by atomic mass is 10.2. The molecule has 114 valence electrons. The van der Waals surface area contributed by atoms with Crippen LogP contribution >= 0.6 is 0 Å². The van der Waals surface area contributed by atoms with Crippen molar-refractivity contribution in [3.8, 4) is 17.3 Å². The highest BCUT2D eigenvalue weighted by Gasteiger charge is 2.09. The molecule has 0 saturated carbocycles. The minimum atomic E-state index is 0.581. The summed E-state index contributed by atoms with van der Waals surface area (Å²) in [7, 11) is 1.61. The number of imidazole rings is 1. The molecule has 0 atom stereocenters. The van der Waals surface area contributed by atoms with Crippen LogP contribution in [0, 0.1) is 0 Å². The van der Waals surface area contributed by atoms with Crippen molar-refractivity contribution in [3.63, 3.8) is 0 Å². The second-order valence-corrected chi connectivity index (χ2v) is 4.81. The maximum Gasteiger partial charge on any atom is 0.213 e. The van der Waals surface area contributed by atoms with Gasteiger partial charge in [-0.05, 0) is 13.0 Å².